The van der Waals surface area contributed by atoms with Gasteiger partial charge in [-0.25, -0.2) is 0 Å². The average molecular weight is 377 g/mol. The van der Waals surface area contributed by atoms with E-state index < -0.39 is 11.7 Å². The molecule has 0 fully saturated rings. The van der Waals surface area contributed by atoms with Gasteiger partial charge in [0.1, 0.15) is 0 Å². The molecular weight excluding hydrogens is 355 g/mol. The number of benzene rings is 1. The number of hydrogen-bond donors (Lipinski definition) is 2. The van der Waals surface area contributed by atoms with E-state index in [0.29, 0.717) is 0 Å². The predicted molar refractivity (Wildman–Crippen MR) is 99.0 cm³/mol. The summed E-state index contributed by atoms with van der Waals surface area (Å²) in [4.78, 5) is 14.4. The van der Waals surface area contributed by atoms with E-state index in [-0.39, 0.29) is 24.2 Å². The molecule has 4 nitrogen and oxygen atoms in total. The maximum absolute atomic E-state index is 12.8. The monoisotopic (exact) mass is 377 g/mol. The molecule has 0 aromatic heterocycles. The number of alkyl halides is 3. The predicted octanol–water partition coefficient (Wildman–Crippen LogP) is 3.71. The van der Waals surface area contributed by atoms with E-state index in [4.69, 9.17) is 0 Å². The van der Waals surface area contributed by atoms with Crippen LogP contribution in [0.4, 0.5) is 18.9 Å². The highest BCUT2D eigenvalue weighted by Gasteiger charge is 2.31. The molecule has 27 heavy (non-hydrogen) atoms. The van der Waals surface area contributed by atoms with Crippen LogP contribution in [0, 0.1) is 0 Å². The fraction of sp³-hybridized carbons (Fsp3) is 0.350. The van der Waals surface area contributed by atoms with Crippen molar-refractivity contribution in [3.63, 3.8) is 0 Å². The molecule has 1 aromatic rings. The smallest absolute Gasteiger partial charge is 0.358 e. The van der Waals surface area contributed by atoms with Crippen LogP contribution in [-0.4, -0.2) is 36.5 Å². The molecule has 2 aliphatic rings. The normalized spacial score (nSPS) is 20.1. The fourth-order valence-electron chi connectivity index (χ4n) is 3.42. The molecule has 2 N–H and O–H groups in total. The zero-order valence-electron chi connectivity index (χ0n) is 15.0. The van der Waals surface area contributed by atoms with Crippen LogP contribution in [0.5, 0.6) is 0 Å². The van der Waals surface area contributed by atoms with Crippen molar-refractivity contribution in [1.29, 1.82) is 0 Å². The Balaban J connectivity index is 1.70. The number of nitrogens with one attached hydrogen (secondary N) is 2. The Hall–Kier alpha value is -2.54. The topological polar surface area (TPSA) is 44.4 Å². The first kappa shape index (κ1) is 19.2. The highest BCUT2D eigenvalue weighted by molar-refractivity contribution is 5.92. The number of carbonyl (C=O) groups excluding carboxylic acids is 1. The maximum atomic E-state index is 12.8. The number of anilines is 1. The fourth-order valence-corrected chi connectivity index (χ4v) is 3.42. The molecule has 1 unspecified atom stereocenters. The number of amides is 1. The van der Waals surface area contributed by atoms with Crippen LogP contribution in [0.25, 0.3) is 0 Å². The first-order valence-electron chi connectivity index (χ1n) is 8.82. The molecule has 1 atom stereocenters. The summed E-state index contributed by atoms with van der Waals surface area (Å²) in [7, 11) is 0. The van der Waals surface area contributed by atoms with Crippen LogP contribution >= 0.6 is 0 Å². The summed E-state index contributed by atoms with van der Waals surface area (Å²) >= 11 is 0. The molecule has 0 aliphatic carbocycles. The largest absolute Gasteiger partial charge is 0.416 e. The third-order valence-electron chi connectivity index (χ3n) is 4.65. The minimum absolute atomic E-state index is 0.00404. The first-order chi connectivity index (χ1) is 12.8. The summed E-state index contributed by atoms with van der Waals surface area (Å²) in [5.74, 6) is -0.354. The molecule has 1 aromatic carbocycles. The molecule has 1 amide bonds. The van der Waals surface area contributed by atoms with Crippen molar-refractivity contribution in [2.75, 3.05) is 25.0 Å². The molecule has 144 valence electrons. The van der Waals surface area contributed by atoms with Crippen LogP contribution in [0.3, 0.4) is 0 Å². The molecule has 2 aliphatic heterocycles. The second kappa shape index (κ2) is 8.00. The van der Waals surface area contributed by atoms with E-state index >= 15 is 0 Å². The lowest BCUT2D eigenvalue weighted by Gasteiger charge is -2.36. The second-order valence-electron chi connectivity index (χ2n) is 6.69. The van der Waals surface area contributed by atoms with Gasteiger partial charge in [-0.3, -0.25) is 4.79 Å². The Labute approximate surface area is 156 Å². The molecule has 0 saturated heterocycles. The third kappa shape index (κ3) is 4.80. The summed E-state index contributed by atoms with van der Waals surface area (Å²) in [5, 5.41) is 5.85. The molecule has 0 bridgehead atoms. The van der Waals surface area contributed by atoms with Crippen molar-refractivity contribution < 1.29 is 18.0 Å². The first-order valence-corrected chi connectivity index (χ1v) is 8.82. The van der Waals surface area contributed by atoms with Gasteiger partial charge in [0.2, 0.25) is 5.91 Å². The summed E-state index contributed by atoms with van der Waals surface area (Å²) in [6.07, 6.45) is 4.36. The quantitative estimate of drug-likeness (QED) is 0.787. The standard InChI is InChI=1S/C20H22F3N3O/c1-14-4-3-11-26(19(14)15-7-9-24-10-8-15)13-18(27)25-17-6-2-5-16(12-17)20(21,22)23/h2-7,11-12,19,24H,8-10,13H2,1H3,(H,25,27). The van der Waals surface area contributed by atoms with Gasteiger partial charge in [0.05, 0.1) is 18.2 Å². The van der Waals surface area contributed by atoms with E-state index in [2.05, 4.69) is 16.7 Å². The number of rotatable bonds is 4. The molecule has 7 heteroatoms. The summed E-state index contributed by atoms with van der Waals surface area (Å²) in [6.45, 7) is 3.78. The van der Waals surface area contributed by atoms with Gasteiger partial charge in [0, 0.05) is 18.4 Å². The number of halogens is 3. The van der Waals surface area contributed by atoms with Crippen molar-refractivity contribution in [1.82, 2.24) is 10.2 Å². The van der Waals surface area contributed by atoms with E-state index in [1.165, 1.54) is 17.7 Å². The number of nitrogens with zero attached hydrogens (tertiary/aromatic N) is 1. The van der Waals surface area contributed by atoms with Gasteiger partial charge in [-0.15, -0.1) is 0 Å². The van der Waals surface area contributed by atoms with Gasteiger partial charge in [0.25, 0.3) is 0 Å². The van der Waals surface area contributed by atoms with Crippen molar-refractivity contribution in [2.45, 2.75) is 25.6 Å². The van der Waals surface area contributed by atoms with Gasteiger partial charge in [0.15, 0.2) is 0 Å². The molecule has 0 radical (unpaired) electrons. The second-order valence-corrected chi connectivity index (χ2v) is 6.69. The Kier molecular flexibility index (Phi) is 5.70. The Morgan fingerprint density at radius 1 is 1.37 bits per heavy atom. The van der Waals surface area contributed by atoms with Crippen molar-refractivity contribution in [2.24, 2.45) is 0 Å². The van der Waals surface area contributed by atoms with E-state index in [0.717, 1.165) is 37.2 Å². The Morgan fingerprint density at radius 2 is 2.19 bits per heavy atom. The lowest BCUT2D eigenvalue weighted by molar-refractivity contribution is -0.137. The summed E-state index contributed by atoms with van der Waals surface area (Å²) in [6, 6.07) is 4.68. The third-order valence-corrected chi connectivity index (χ3v) is 4.65. The zero-order valence-corrected chi connectivity index (χ0v) is 15.0. The van der Waals surface area contributed by atoms with Crippen LogP contribution in [0.15, 0.2) is 59.8 Å². The summed E-state index contributed by atoms with van der Waals surface area (Å²) < 4.78 is 38.5. The molecular formula is C20H22F3N3O. The maximum Gasteiger partial charge on any atom is 0.416 e. The number of carbonyl (C=O) groups is 1. The summed E-state index contributed by atoms with van der Waals surface area (Å²) in [5.41, 5.74) is 1.74. The zero-order chi connectivity index (χ0) is 19.4. The average Bonchev–Trinajstić information content (AvgIpc) is 2.62. The van der Waals surface area contributed by atoms with Crippen LogP contribution < -0.4 is 10.6 Å². The Bertz CT molecular complexity index is 796. The van der Waals surface area contributed by atoms with Crippen LogP contribution in [0.2, 0.25) is 0 Å². The van der Waals surface area contributed by atoms with Crippen molar-refractivity contribution in [3.8, 4) is 0 Å². The van der Waals surface area contributed by atoms with Crippen molar-refractivity contribution in [3.05, 3.63) is 65.4 Å². The Morgan fingerprint density at radius 3 is 2.89 bits per heavy atom. The molecule has 0 spiro atoms. The highest BCUT2D eigenvalue weighted by Crippen LogP contribution is 2.31. The van der Waals surface area contributed by atoms with E-state index in [9.17, 15) is 18.0 Å². The van der Waals surface area contributed by atoms with E-state index in [1.807, 2.05) is 30.2 Å². The SMILES string of the molecule is CC1=CC=CN(CC(=O)Nc2cccc(C(F)(F)F)c2)C1C1=CCNCC1. The van der Waals surface area contributed by atoms with Gasteiger partial charge in [-0.1, -0.05) is 18.2 Å². The van der Waals surface area contributed by atoms with Crippen LogP contribution in [-0.2, 0) is 11.0 Å². The molecule has 2 heterocycles. The molecule has 0 saturated carbocycles. The minimum Gasteiger partial charge on any atom is -0.358 e. The highest BCUT2D eigenvalue weighted by atomic mass is 19.4. The van der Waals surface area contributed by atoms with E-state index in [1.54, 1.807) is 0 Å². The number of hydrogen-bond acceptors (Lipinski definition) is 3. The van der Waals surface area contributed by atoms with Gasteiger partial charge < -0.3 is 15.5 Å². The van der Waals surface area contributed by atoms with Gasteiger partial charge >= 0.3 is 6.18 Å². The van der Waals surface area contributed by atoms with Crippen molar-refractivity contribution >= 4 is 11.6 Å². The number of allylic oxidation sites excluding steroid dienone is 2. The lowest BCUT2D eigenvalue weighted by Crippen LogP contribution is -2.41. The minimum atomic E-state index is -4.44. The van der Waals surface area contributed by atoms with Gasteiger partial charge in [-0.05, 0) is 55.3 Å². The lowest BCUT2D eigenvalue weighted by atomic mass is 9.92. The molecule has 3 rings (SSSR count). The van der Waals surface area contributed by atoms with Crippen LogP contribution in [0.1, 0.15) is 18.9 Å². The van der Waals surface area contributed by atoms with Gasteiger partial charge in [-0.2, -0.15) is 13.2 Å².